The first kappa shape index (κ1) is 20.1. The van der Waals surface area contributed by atoms with Gasteiger partial charge in [-0.05, 0) is 6.92 Å². The van der Waals surface area contributed by atoms with Gasteiger partial charge in [0.1, 0.15) is 12.4 Å². The summed E-state index contributed by atoms with van der Waals surface area (Å²) < 4.78 is 82.3. The van der Waals surface area contributed by atoms with Gasteiger partial charge in [-0.1, -0.05) is 0 Å². The quantitative estimate of drug-likeness (QED) is 0.427. The molecule has 0 bridgehead atoms. The lowest BCUT2D eigenvalue weighted by molar-refractivity contribution is -0.677. The van der Waals surface area contributed by atoms with E-state index in [1.165, 1.54) is 5.82 Å². The van der Waals surface area contributed by atoms with Crippen LogP contribution in [0.5, 0.6) is 0 Å². The molecule has 0 saturated carbocycles. The summed E-state index contributed by atoms with van der Waals surface area (Å²) in [6, 6.07) is 0. The van der Waals surface area contributed by atoms with Crippen LogP contribution in [0.2, 0.25) is 0 Å². The summed E-state index contributed by atoms with van der Waals surface area (Å²) in [4.78, 5) is 0. The fourth-order valence-electron chi connectivity index (χ4n) is 0.933. The van der Waals surface area contributed by atoms with Crippen molar-refractivity contribution >= 4 is 14.5 Å². The molecule has 0 fully saturated rings. The number of aryl methyl sites for hydroxylation is 2. The highest BCUT2D eigenvalue weighted by Crippen LogP contribution is 2.07. The summed E-state index contributed by atoms with van der Waals surface area (Å²) in [5.74, 6) is 1.30. The number of nitrogens with zero attached hydrogens (tertiary/aromatic N) is 2. The van der Waals surface area contributed by atoms with Gasteiger partial charge in [-0.2, -0.15) is 0 Å². The van der Waals surface area contributed by atoms with Crippen molar-refractivity contribution in [1.82, 2.24) is 4.57 Å². The Morgan fingerprint density at radius 3 is 1.42 bits per heavy atom. The zero-order valence-electron chi connectivity index (χ0n) is 10.4. The van der Waals surface area contributed by atoms with Crippen LogP contribution in [-0.2, 0) is 13.6 Å². The van der Waals surface area contributed by atoms with Crippen molar-refractivity contribution in [1.29, 1.82) is 0 Å². The van der Waals surface area contributed by atoms with Gasteiger partial charge in [-0.15, -0.1) is 0 Å². The second-order valence-corrected chi connectivity index (χ2v) is 3.23. The van der Waals surface area contributed by atoms with Crippen molar-refractivity contribution in [2.75, 3.05) is 0 Å². The molecule has 0 N–H and O–H groups in total. The predicted octanol–water partition coefficient (Wildman–Crippen LogP) is 3.24. The van der Waals surface area contributed by atoms with Gasteiger partial charge in [0, 0.05) is 6.92 Å². The second-order valence-electron chi connectivity index (χ2n) is 3.23. The van der Waals surface area contributed by atoms with Crippen molar-refractivity contribution < 1.29 is 39.1 Å². The lowest BCUT2D eigenvalue weighted by Gasteiger charge is -1.94. The van der Waals surface area contributed by atoms with Gasteiger partial charge >= 0.3 is 14.5 Å². The van der Waals surface area contributed by atoms with Crippen LogP contribution in [-0.4, -0.2) is 19.1 Å². The fraction of sp³-hybridized carbons (Fsp3) is 0.571. The molecular formula is C7H13B2F8N2-. The van der Waals surface area contributed by atoms with Gasteiger partial charge in [0.15, 0.2) is 0 Å². The standard InChI is InChI=1S/C7H13N2.2BF4/c1-4-9-6-5-8(3)7(9)2;2*2-1(3,4)5/h5-6H,4H2,1-3H3;;/q+1;2*-1. The minimum Gasteiger partial charge on any atom is -0.418 e. The van der Waals surface area contributed by atoms with Gasteiger partial charge in [-0.25, -0.2) is 9.13 Å². The summed E-state index contributed by atoms with van der Waals surface area (Å²) in [6.45, 7) is 5.32. The normalized spacial score (nSPS) is 11.1. The Hall–Kier alpha value is -1.22. The van der Waals surface area contributed by atoms with Gasteiger partial charge in [0.2, 0.25) is 0 Å². The molecule has 19 heavy (non-hydrogen) atoms. The highest BCUT2D eigenvalue weighted by molar-refractivity contribution is 6.50. The molecular weight excluding hydrogens is 286 g/mol. The molecule has 0 aliphatic carbocycles. The molecule has 0 aliphatic rings. The van der Waals surface area contributed by atoms with Gasteiger partial charge in [-0.3, -0.25) is 0 Å². The van der Waals surface area contributed by atoms with Crippen LogP contribution in [0.3, 0.4) is 0 Å². The maximum Gasteiger partial charge on any atom is 0.673 e. The minimum absolute atomic E-state index is 1.06. The first-order valence-corrected chi connectivity index (χ1v) is 5.01. The Bertz CT molecular complexity index is 335. The molecule has 1 aromatic heterocycles. The molecule has 2 nitrogen and oxygen atoms in total. The van der Waals surface area contributed by atoms with Crippen molar-refractivity contribution in [2.24, 2.45) is 7.05 Å². The summed E-state index contributed by atoms with van der Waals surface area (Å²) >= 11 is 0. The van der Waals surface area contributed by atoms with Crippen molar-refractivity contribution in [3.05, 3.63) is 18.2 Å². The van der Waals surface area contributed by atoms with E-state index >= 15 is 0 Å². The number of hydrogen-bond donors (Lipinski definition) is 0. The van der Waals surface area contributed by atoms with Gasteiger partial charge < -0.3 is 34.5 Å². The Morgan fingerprint density at radius 1 is 1.00 bits per heavy atom. The molecule has 0 radical (unpaired) electrons. The number of aromatic nitrogens is 2. The third kappa shape index (κ3) is 19.3. The molecule has 1 heterocycles. The van der Waals surface area contributed by atoms with E-state index in [9.17, 15) is 34.5 Å². The van der Waals surface area contributed by atoms with Crippen LogP contribution in [0.25, 0.3) is 0 Å². The highest BCUT2D eigenvalue weighted by Gasteiger charge is 2.21. The Morgan fingerprint density at radius 2 is 1.32 bits per heavy atom. The molecule has 114 valence electrons. The molecule has 0 spiro atoms. The molecule has 0 saturated heterocycles. The molecule has 0 aromatic carbocycles. The van der Waals surface area contributed by atoms with Crippen LogP contribution in [0.1, 0.15) is 12.7 Å². The average Bonchev–Trinajstić information content (AvgIpc) is 2.41. The maximum atomic E-state index is 9.75. The van der Waals surface area contributed by atoms with E-state index in [-0.39, 0.29) is 0 Å². The lowest BCUT2D eigenvalue weighted by Crippen LogP contribution is -2.29. The monoisotopic (exact) mass is 299 g/mol. The van der Waals surface area contributed by atoms with E-state index in [2.05, 4.69) is 42.4 Å². The fourth-order valence-corrected chi connectivity index (χ4v) is 0.933. The number of rotatable bonds is 1. The zero-order valence-corrected chi connectivity index (χ0v) is 10.4. The van der Waals surface area contributed by atoms with Crippen LogP contribution in [0, 0.1) is 6.92 Å². The van der Waals surface area contributed by atoms with E-state index in [0.717, 1.165) is 6.54 Å². The molecule has 1 rings (SSSR count). The van der Waals surface area contributed by atoms with Crippen LogP contribution >= 0.6 is 0 Å². The van der Waals surface area contributed by atoms with Crippen LogP contribution < -0.4 is 4.57 Å². The third-order valence-electron chi connectivity index (χ3n) is 1.74. The van der Waals surface area contributed by atoms with Crippen LogP contribution in [0.15, 0.2) is 12.4 Å². The molecule has 0 amide bonds. The third-order valence-corrected chi connectivity index (χ3v) is 1.74. The molecule has 0 atom stereocenters. The predicted molar refractivity (Wildman–Crippen MR) is 56.4 cm³/mol. The second kappa shape index (κ2) is 8.05. The summed E-state index contributed by atoms with van der Waals surface area (Å²) in [5.41, 5.74) is 0. The van der Waals surface area contributed by atoms with E-state index in [1.54, 1.807) is 0 Å². The van der Waals surface area contributed by atoms with Gasteiger partial charge in [0.25, 0.3) is 5.82 Å². The summed E-state index contributed by atoms with van der Waals surface area (Å²) in [5, 5.41) is 0. The summed E-state index contributed by atoms with van der Waals surface area (Å²) in [6.07, 6.45) is 4.16. The lowest BCUT2D eigenvalue weighted by atomic mass is 10.3. The maximum absolute atomic E-state index is 9.75. The first-order valence-electron chi connectivity index (χ1n) is 5.01. The van der Waals surface area contributed by atoms with Crippen molar-refractivity contribution in [3.8, 4) is 0 Å². The molecule has 0 aliphatic heterocycles. The number of imidazole rings is 1. The molecule has 12 heteroatoms. The summed E-state index contributed by atoms with van der Waals surface area (Å²) in [7, 11) is -9.94. The Balaban J connectivity index is 0. The largest absolute Gasteiger partial charge is 0.673 e. The number of halogens is 8. The van der Waals surface area contributed by atoms with E-state index in [1.807, 2.05) is 0 Å². The van der Waals surface area contributed by atoms with E-state index in [0.29, 0.717) is 0 Å². The molecule has 1 aromatic rings. The van der Waals surface area contributed by atoms with Crippen LogP contribution in [0.4, 0.5) is 34.5 Å². The van der Waals surface area contributed by atoms with E-state index in [4.69, 9.17) is 0 Å². The Labute approximate surface area is 105 Å². The average molecular weight is 299 g/mol. The highest BCUT2D eigenvalue weighted by atomic mass is 19.5. The SMILES string of the molecule is CCn1cc[n+](C)c1C.F[B-](F)(F)F.F[B-](F)(F)F. The molecule has 0 unspecified atom stereocenters. The first-order chi connectivity index (χ1) is 8.25. The zero-order chi connectivity index (χ0) is 15.9. The smallest absolute Gasteiger partial charge is 0.418 e. The Kier molecular flexibility index (Phi) is 8.52. The number of hydrogen-bond acceptors (Lipinski definition) is 0. The van der Waals surface area contributed by atoms with Crippen molar-refractivity contribution in [2.45, 2.75) is 20.4 Å². The van der Waals surface area contributed by atoms with Crippen molar-refractivity contribution in [3.63, 3.8) is 0 Å². The van der Waals surface area contributed by atoms with E-state index < -0.39 is 14.5 Å². The topological polar surface area (TPSA) is 8.81 Å². The minimum atomic E-state index is -6.00. The van der Waals surface area contributed by atoms with Gasteiger partial charge in [0.05, 0.1) is 13.6 Å².